The van der Waals surface area contributed by atoms with Crippen molar-refractivity contribution in [3.8, 4) is 0 Å². The third-order valence-electron chi connectivity index (χ3n) is 2.60. The number of rotatable bonds is 3. The summed E-state index contributed by atoms with van der Waals surface area (Å²) in [5.74, 6) is -0.998. The second kappa shape index (κ2) is 5.50. The molecular weight excluding hydrogens is 372 g/mol. The Morgan fingerprint density at radius 1 is 1.17 bits per heavy atom. The molecule has 0 amide bonds. The van der Waals surface area contributed by atoms with Gasteiger partial charge in [-0.2, -0.15) is 0 Å². The van der Waals surface area contributed by atoms with Gasteiger partial charge < -0.3 is 9.73 Å². The van der Waals surface area contributed by atoms with Crippen molar-refractivity contribution in [2.24, 2.45) is 0 Å². The minimum Gasteiger partial charge on any atom is -0.457 e. The van der Waals surface area contributed by atoms with Crippen molar-refractivity contribution >= 4 is 31.9 Å². The number of benzene rings is 1. The van der Waals surface area contributed by atoms with Crippen molar-refractivity contribution in [1.82, 2.24) is 5.32 Å². The zero-order chi connectivity index (χ0) is 13.3. The lowest BCUT2D eigenvalue weighted by atomic mass is 10.0. The summed E-state index contributed by atoms with van der Waals surface area (Å²) in [6.07, 6.45) is 1.48. The number of nitrogens with one attached hydrogen (secondary N) is 1. The smallest absolute Gasteiger partial charge is 0.174 e. The van der Waals surface area contributed by atoms with Gasteiger partial charge in [-0.1, -0.05) is 0 Å². The van der Waals surface area contributed by atoms with Gasteiger partial charge in [0.2, 0.25) is 0 Å². The molecule has 2 rings (SSSR count). The van der Waals surface area contributed by atoms with Crippen LogP contribution in [0, 0.1) is 11.6 Å². The maximum Gasteiger partial charge on any atom is 0.174 e. The fourth-order valence-corrected chi connectivity index (χ4v) is 2.53. The lowest BCUT2D eigenvalue weighted by Crippen LogP contribution is -2.19. The zero-order valence-electron chi connectivity index (χ0n) is 9.31. The van der Waals surface area contributed by atoms with Crippen LogP contribution in [0.3, 0.4) is 0 Å². The highest BCUT2D eigenvalue weighted by molar-refractivity contribution is 9.10. The van der Waals surface area contributed by atoms with Crippen molar-refractivity contribution in [2.75, 3.05) is 7.05 Å². The van der Waals surface area contributed by atoms with Gasteiger partial charge in [0.1, 0.15) is 11.6 Å². The summed E-state index contributed by atoms with van der Waals surface area (Å²) in [6.45, 7) is 0. The second-order valence-electron chi connectivity index (χ2n) is 3.66. The summed E-state index contributed by atoms with van der Waals surface area (Å²) in [5.41, 5.74) is 0.929. The van der Waals surface area contributed by atoms with Crippen LogP contribution in [0.2, 0.25) is 0 Å². The first-order valence-corrected chi connectivity index (χ1v) is 6.67. The van der Waals surface area contributed by atoms with E-state index in [1.807, 2.05) is 0 Å². The predicted molar refractivity (Wildman–Crippen MR) is 71.4 cm³/mol. The van der Waals surface area contributed by atoms with Gasteiger partial charge in [-0.25, -0.2) is 8.78 Å². The van der Waals surface area contributed by atoms with Crippen LogP contribution < -0.4 is 5.32 Å². The van der Waals surface area contributed by atoms with Gasteiger partial charge in [-0.05, 0) is 57.1 Å². The SMILES string of the molecule is CNC(c1cc(F)c(Br)cc1F)c1ccoc1Br. The highest BCUT2D eigenvalue weighted by atomic mass is 79.9. The van der Waals surface area contributed by atoms with E-state index in [-0.39, 0.29) is 10.0 Å². The summed E-state index contributed by atoms with van der Waals surface area (Å²) in [7, 11) is 1.67. The van der Waals surface area contributed by atoms with Crippen LogP contribution in [0.4, 0.5) is 8.78 Å². The topological polar surface area (TPSA) is 25.2 Å². The van der Waals surface area contributed by atoms with E-state index in [0.717, 1.165) is 6.07 Å². The van der Waals surface area contributed by atoms with Crippen molar-refractivity contribution < 1.29 is 13.2 Å². The first kappa shape index (κ1) is 13.7. The number of halogens is 4. The molecule has 1 aromatic carbocycles. The molecule has 0 radical (unpaired) electrons. The van der Waals surface area contributed by atoms with Gasteiger partial charge in [0.15, 0.2) is 4.67 Å². The number of hydrogen-bond donors (Lipinski definition) is 1. The molecule has 6 heteroatoms. The van der Waals surface area contributed by atoms with Gasteiger partial charge in [0, 0.05) is 11.1 Å². The molecule has 0 aliphatic carbocycles. The van der Waals surface area contributed by atoms with E-state index >= 15 is 0 Å². The van der Waals surface area contributed by atoms with E-state index in [1.54, 1.807) is 13.1 Å². The molecule has 0 saturated carbocycles. The van der Waals surface area contributed by atoms with Crippen molar-refractivity contribution in [3.05, 3.63) is 56.4 Å². The molecule has 0 bridgehead atoms. The fourth-order valence-electron chi connectivity index (χ4n) is 1.75. The highest BCUT2D eigenvalue weighted by Gasteiger charge is 2.21. The zero-order valence-corrected chi connectivity index (χ0v) is 12.5. The summed E-state index contributed by atoms with van der Waals surface area (Å²) in [5, 5.41) is 2.94. The van der Waals surface area contributed by atoms with Crippen molar-refractivity contribution in [1.29, 1.82) is 0 Å². The Labute approximate surface area is 120 Å². The van der Waals surface area contributed by atoms with Crippen LogP contribution >= 0.6 is 31.9 Å². The third kappa shape index (κ3) is 2.50. The number of furan rings is 1. The van der Waals surface area contributed by atoms with Crippen LogP contribution in [-0.2, 0) is 0 Å². The van der Waals surface area contributed by atoms with Crippen LogP contribution in [0.25, 0.3) is 0 Å². The van der Waals surface area contributed by atoms with E-state index in [9.17, 15) is 8.78 Å². The van der Waals surface area contributed by atoms with Gasteiger partial charge in [0.05, 0.1) is 16.8 Å². The van der Waals surface area contributed by atoms with Crippen LogP contribution in [-0.4, -0.2) is 7.05 Å². The van der Waals surface area contributed by atoms with Crippen LogP contribution in [0.1, 0.15) is 17.2 Å². The largest absolute Gasteiger partial charge is 0.457 e. The summed E-state index contributed by atoms with van der Waals surface area (Å²) in [4.78, 5) is 0. The van der Waals surface area contributed by atoms with E-state index in [1.165, 1.54) is 12.3 Å². The first-order valence-electron chi connectivity index (χ1n) is 5.09. The molecule has 1 N–H and O–H groups in total. The Hall–Kier alpha value is -0.720. The maximum atomic E-state index is 13.9. The average molecular weight is 381 g/mol. The normalized spacial score (nSPS) is 12.7. The van der Waals surface area contributed by atoms with Gasteiger partial charge in [0.25, 0.3) is 0 Å². The predicted octanol–water partition coefficient (Wildman–Crippen LogP) is 4.39. The summed E-state index contributed by atoms with van der Waals surface area (Å²) in [6, 6.07) is 3.49. The van der Waals surface area contributed by atoms with Crippen LogP contribution in [0.5, 0.6) is 0 Å². The highest BCUT2D eigenvalue weighted by Crippen LogP contribution is 2.32. The molecule has 1 aromatic heterocycles. The molecule has 0 saturated heterocycles. The Balaban J connectivity index is 2.52. The maximum absolute atomic E-state index is 13.9. The van der Waals surface area contributed by atoms with E-state index in [4.69, 9.17) is 4.42 Å². The molecule has 0 fully saturated rings. The molecule has 96 valence electrons. The fraction of sp³-hybridized carbons (Fsp3) is 0.167. The molecule has 1 atom stereocenters. The second-order valence-corrected chi connectivity index (χ2v) is 5.23. The molecule has 1 unspecified atom stereocenters. The van der Waals surface area contributed by atoms with Crippen molar-refractivity contribution in [2.45, 2.75) is 6.04 Å². The molecule has 1 heterocycles. The third-order valence-corrected chi connectivity index (χ3v) is 3.85. The Kier molecular flexibility index (Phi) is 4.19. The van der Waals surface area contributed by atoms with Gasteiger partial charge in [-0.3, -0.25) is 0 Å². The average Bonchev–Trinajstić information content (AvgIpc) is 2.73. The van der Waals surface area contributed by atoms with Crippen molar-refractivity contribution in [3.63, 3.8) is 0 Å². The lowest BCUT2D eigenvalue weighted by molar-refractivity contribution is 0.521. The minimum absolute atomic E-state index is 0.102. The Morgan fingerprint density at radius 3 is 2.44 bits per heavy atom. The Bertz CT molecular complexity index is 571. The van der Waals surface area contributed by atoms with Crippen LogP contribution in [0.15, 0.2) is 38.0 Å². The minimum atomic E-state index is -0.508. The first-order chi connectivity index (χ1) is 8.54. The van der Waals surface area contributed by atoms with E-state index < -0.39 is 17.7 Å². The lowest BCUT2D eigenvalue weighted by Gasteiger charge is -2.17. The standard InChI is InChI=1S/C12H9Br2F2NO/c1-17-11(6-2-3-18-12(6)14)7-4-10(16)8(13)5-9(7)15/h2-5,11,17H,1H3. The molecule has 2 nitrogen and oxygen atoms in total. The van der Waals surface area contributed by atoms with Gasteiger partial charge >= 0.3 is 0 Å². The quantitative estimate of drug-likeness (QED) is 0.799. The number of hydrogen-bond acceptors (Lipinski definition) is 2. The van der Waals surface area contributed by atoms with E-state index in [2.05, 4.69) is 37.2 Å². The molecule has 0 spiro atoms. The monoisotopic (exact) mass is 379 g/mol. The summed E-state index contributed by atoms with van der Waals surface area (Å²) < 4.78 is 33.1. The summed E-state index contributed by atoms with van der Waals surface area (Å²) >= 11 is 6.18. The molecular formula is C12H9Br2F2NO. The molecule has 0 aliphatic rings. The molecule has 2 aromatic rings. The van der Waals surface area contributed by atoms with Gasteiger partial charge in [-0.15, -0.1) is 0 Å². The molecule has 0 aliphatic heterocycles. The Morgan fingerprint density at radius 2 is 1.89 bits per heavy atom. The van der Waals surface area contributed by atoms with E-state index in [0.29, 0.717) is 10.2 Å². The molecule has 18 heavy (non-hydrogen) atoms.